The van der Waals surface area contributed by atoms with Gasteiger partial charge in [-0.3, -0.25) is 13.9 Å². The van der Waals surface area contributed by atoms with E-state index in [1.807, 2.05) is 51.1 Å². The molecule has 3 rings (SSSR count). The number of benzene rings is 3. The Hall–Kier alpha value is -3.92. The number of amides is 2. The van der Waals surface area contributed by atoms with Gasteiger partial charge in [0.15, 0.2) is 0 Å². The molecular formula is C30H36FN3O5S. The van der Waals surface area contributed by atoms with Crippen LogP contribution in [0.15, 0.2) is 83.8 Å². The van der Waals surface area contributed by atoms with Gasteiger partial charge in [0.05, 0.1) is 17.2 Å². The molecule has 0 saturated heterocycles. The van der Waals surface area contributed by atoms with Gasteiger partial charge in [0.25, 0.3) is 10.0 Å². The van der Waals surface area contributed by atoms with E-state index in [9.17, 15) is 22.4 Å². The average molecular weight is 570 g/mol. The largest absolute Gasteiger partial charge is 0.494 e. The van der Waals surface area contributed by atoms with Crippen molar-refractivity contribution in [2.75, 3.05) is 24.0 Å². The van der Waals surface area contributed by atoms with E-state index in [1.165, 1.54) is 4.90 Å². The zero-order valence-corrected chi connectivity index (χ0v) is 24.0. The number of rotatable bonds is 13. The van der Waals surface area contributed by atoms with E-state index in [1.54, 1.807) is 31.2 Å². The van der Waals surface area contributed by atoms with Gasteiger partial charge >= 0.3 is 0 Å². The Morgan fingerprint density at radius 1 is 0.925 bits per heavy atom. The van der Waals surface area contributed by atoms with Gasteiger partial charge in [0.2, 0.25) is 11.8 Å². The molecule has 0 aromatic heterocycles. The molecule has 0 unspecified atom stereocenters. The predicted molar refractivity (Wildman–Crippen MR) is 153 cm³/mol. The number of ether oxygens (including phenoxy) is 1. The second-order valence-corrected chi connectivity index (χ2v) is 11.6. The average Bonchev–Trinajstić information content (AvgIpc) is 2.94. The summed E-state index contributed by atoms with van der Waals surface area (Å²) in [5, 5.41) is 2.85. The topological polar surface area (TPSA) is 96.0 Å². The number of carbonyl (C=O) groups excluding carboxylic acids is 2. The van der Waals surface area contributed by atoms with Crippen molar-refractivity contribution in [3.05, 3.63) is 90.2 Å². The lowest BCUT2D eigenvalue weighted by atomic mass is 10.1. The normalized spacial score (nSPS) is 12.1. The van der Waals surface area contributed by atoms with Crippen LogP contribution in [-0.2, 0) is 26.2 Å². The molecule has 0 radical (unpaired) electrons. The van der Waals surface area contributed by atoms with Crippen LogP contribution in [0.1, 0.15) is 33.3 Å². The standard InChI is InChI=1S/C30H36FN3O5S/c1-5-39-27-15-13-26(14-16-27)34(40(37,38)28-17-11-25(31)12-18-28)21-29(35)33(20-24-9-7-6-8-10-24)23(4)30(36)32-19-22(2)3/h6-18,22-23H,5,19-21H2,1-4H3,(H,32,36)/t23-/m1/s1. The monoisotopic (exact) mass is 569 g/mol. The lowest BCUT2D eigenvalue weighted by Crippen LogP contribution is -2.51. The summed E-state index contributed by atoms with van der Waals surface area (Å²) in [6.07, 6.45) is 0. The number of anilines is 1. The minimum atomic E-state index is -4.29. The summed E-state index contributed by atoms with van der Waals surface area (Å²) in [5.74, 6) is -0.746. The summed E-state index contributed by atoms with van der Waals surface area (Å²) >= 11 is 0. The SMILES string of the molecule is CCOc1ccc(N(CC(=O)N(Cc2ccccc2)[C@H](C)C(=O)NCC(C)C)S(=O)(=O)c2ccc(F)cc2)cc1. The molecular weight excluding hydrogens is 533 g/mol. The van der Waals surface area contributed by atoms with E-state index in [0.717, 1.165) is 34.1 Å². The molecule has 0 saturated carbocycles. The summed E-state index contributed by atoms with van der Waals surface area (Å²) in [4.78, 5) is 28.1. The Labute approximate surface area is 235 Å². The minimum absolute atomic E-state index is 0.101. The first-order valence-corrected chi connectivity index (χ1v) is 14.6. The second kappa shape index (κ2) is 13.9. The molecule has 10 heteroatoms. The molecule has 0 spiro atoms. The van der Waals surface area contributed by atoms with Crippen LogP contribution >= 0.6 is 0 Å². The second-order valence-electron chi connectivity index (χ2n) is 9.71. The number of hydrogen-bond donors (Lipinski definition) is 1. The van der Waals surface area contributed by atoms with Crippen LogP contribution < -0.4 is 14.4 Å². The Morgan fingerprint density at radius 3 is 2.12 bits per heavy atom. The van der Waals surface area contributed by atoms with Crippen molar-refractivity contribution in [3.8, 4) is 5.75 Å². The maximum Gasteiger partial charge on any atom is 0.264 e. The Balaban J connectivity index is 2.00. The van der Waals surface area contributed by atoms with Crippen LogP contribution in [0.3, 0.4) is 0 Å². The summed E-state index contributed by atoms with van der Waals surface area (Å²) in [6.45, 7) is 7.77. The van der Waals surface area contributed by atoms with E-state index in [-0.39, 0.29) is 29.0 Å². The van der Waals surface area contributed by atoms with E-state index in [0.29, 0.717) is 18.9 Å². The van der Waals surface area contributed by atoms with Crippen LogP contribution in [0.25, 0.3) is 0 Å². The molecule has 3 aromatic carbocycles. The number of halogens is 1. The molecule has 1 atom stereocenters. The van der Waals surface area contributed by atoms with Crippen molar-refractivity contribution in [3.63, 3.8) is 0 Å². The highest BCUT2D eigenvalue weighted by Crippen LogP contribution is 2.27. The highest BCUT2D eigenvalue weighted by molar-refractivity contribution is 7.92. The summed E-state index contributed by atoms with van der Waals surface area (Å²) in [6, 6.07) is 19.0. The van der Waals surface area contributed by atoms with Crippen LogP contribution in [0, 0.1) is 11.7 Å². The molecule has 2 amide bonds. The molecule has 3 aromatic rings. The highest BCUT2D eigenvalue weighted by atomic mass is 32.2. The third kappa shape index (κ3) is 8.05. The third-order valence-corrected chi connectivity index (χ3v) is 7.95. The fourth-order valence-electron chi connectivity index (χ4n) is 3.95. The first kappa shape index (κ1) is 30.6. The maximum absolute atomic E-state index is 13.9. The molecule has 0 aliphatic heterocycles. The number of carbonyl (C=O) groups is 2. The van der Waals surface area contributed by atoms with Gasteiger partial charge in [0.1, 0.15) is 24.2 Å². The molecule has 0 aliphatic rings. The van der Waals surface area contributed by atoms with Crippen LogP contribution in [0.2, 0.25) is 0 Å². The molecule has 8 nitrogen and oxygen atoms in total. The lowest BCUT2D eigenvalue weighted by Gasteiger charge is -2.32. The molecule has 0 heterocycles. The third-order valence-electron chi connectivity index (χ3n) is 6.16. The predicted octanol–water partition coefficient (Wildman–Crippen LogP) is 4.61. The van der Waals surface area contributed by atoms with E-state index in [4.69, 9.17) is 4.74 Å². The lowest BCUT2D eigenvalue weighted by molar-refractivity contribution is -0.139. The van der Waals surface area contributed by atoms with E-state index < -0.39 is 34.3 Å². The van der Waals surface area contributed by atoms with Crippen LogP contribution in [-0.4, -0.2) is 50.9 Å². The van der Waals surface area contributed by atoms with Gasteiger partial charge in [-0.05, 0) is 73.9 Å². The van der Waals surface area contributed by atoms with Gasteiger partial charge in [0, 0.05) is 13.1 Å². The molecule has 214 valence electrons. The Morgan fingerprint density at radius 2 is 1.55 bits per heavy atom. The molecule has 0 bridgehead atoms. The first-order chi connectivity index (χ1) is 19.0. The van der Waals surface area contributed by atoms with Gasteiger partial charge in [-0.15, -0.1) is 0 Å². The van der Waals surface area contributed by atoms with Crippen LogP contribution in [0.5, 0.6) is 5.75 Å². The summed E-state index contributed by atoms with van der Waals surface area (Å²) < 4.78 is 47.6. The van der Waals surface area contributed by atoms with Crippen molar-refractivity contribution < 1.29 is 27.1 Å². The first-order valence-electron chi connectivity index (χ1n) is 13.1. The van der Waals surface area contributed by atoms with E-state index >= 15 is 0 Å². The van der Waals surface area contributed by atoms with Crippen molar-refractivity contribution >= 4 is 27.5 Å². The minimum Gasteiger partial charge on any atom is -0.494 e. The zero-order valence-electron chi connectivity index (χ0n) is 23.2. The number of nitrogens with zero attached hydrogens (tertiary/aromatic N) is 2. The van der Waals surface area contributed by atoms with Gasteiger partial charge in [-0.2, -0.15) is 0 Å². The maximum atomic E-state index is 13.9. The fraction of sp³-hybridized carbons (Fsp3) is 0.333. The number of nitrogens with one attached hydrogen (secondary N) is 1. The van der Waals surface area contributed by atoms with Crippen molar-refractivity contribution in [1.82, 2.24) is 10.2 Å². The van der Waals surface area contributed by atoms with Gasteiger partial charge in [-0.25, -0.2) is 12.8 Å². The van der Waals surface area contributed by atoms with Crippen LogP contribution in [0.4, 0.5) is 10.1 Å². The summed E-state index contributed by atoms with van der Waals surface area (Å²) in [5.41, 5.74) is 1.01. The zero-order chi connectivity index (χ0) is 29.3. The fourth-order valence-corrected chi connectivity index (χ4v) is 5.37. The van der Waals surface area contributed by atoms with Gasteiger partial charge < -0.3 is 15.0 Å². The smallest absolute Gasteiger partial charge is 0.264 e. The van der Waals surface area contributed by atoms with Gasteiger partial charge in [-0.1, -0.05) is 44.2 Å². The quantitative estimate of drug-likeness (QED) is 0.324. The van der Waals surface area contributed by atoms with Crippen molar-refractivity contribution in [1.29, 1.82) is 0 Å². The highest BCUT2D eigenvalue weighted by Gasteiger charge is 2.32. The number of sulfonamides is 1. The molecule has 1 N–H and O–H groups in total. The summed E-state index contributed by atoms with van der Waals surface area (Å²) in [7, 11) is -4.29. The molecule has 40 heavy (non-hydrogen) atoms. The van der Waals surface area contributed by atoms with Crippen molar-refractivity contribution in [2.24, 2.45) is 5.92 Å². The van der Waals surface area contributed by atoms with Crippen molar-refractivity contribution in [2.45, 2.75) is 45.2 Å². The Bertz CT molecular complexity index is 1360. The number of hydrogen-bond acceptors (Lipinski definition) is 5. The molecule has 0 aliphatic carbocycles. The molecule has 0 fully saturated rings. The Kier molecular flexibility index (Phi) is 10.7. The van der Waals surface area contributed by atoms with E-state index in [2.05, 4.69) is 5.32 Å².